The smallest absolute Gasteiger partial charge is 0.0348 e. The Morgan fingerprint density at radius 2 is 0.667 bits per heavy atom. The number of hydrogen-bond donors (Lipinski definition) is 0. The van der Waals surface area contributed by atoms with Crippen molar-refractivity contribution in [2.45, 2.75) is 26.2 Å². The Morgan fingerprint density at radius 3 is 0.933 bits per heavy atom. The molecule has 0 aliphatic rings. The third-order valence-electron chi connectivity index (χ3n) is 3.44. The van der Waals surface area contributed by atoms with Gasteiger partial charge < -0.3 is 0 Å². The van der Waals surface area contributed by atoms with Gasteiger partial charge in [-0.25, -0.2) is 0 Å². The van der Waals surface area contributed by atoms with E-state index in [2.05, 4.69) is 31.7 Å². The largest absolute Gasteiger partial charge is 0.0991 e. The minimum atomic E-state index is 1.16. The molecule has 0 amide bonds. The normalized spacial score (nSPS) is 14.4. The molecule has 30 heavy (non-hydrogen) atoms. The molecular weight excluding hydrogens is 360 g/mol. The van der Waals surface area contributed by atoms with Crippen molar-refractivity contribution >= 4 is 0 Å². The SMILES string of the molecule is C=CC=CC=CC=CC=CC=CC=CC=CC=CC=CC=CC=CC=CCCCC. The first kappa shape index (κ1) is 26.6. The molecule has 0 nitrogen and oxygen atoms in total. The van der Waals surface area contributed by atoms with Crippen molar-refractivity contribution in [3.8, 4) is 0 Å². The van der Waals surface area contributed by atoms with Gasteiger partial charge in [-0.15, -0.1) is 0 Å². The summed E-state index contributed by atoms with van der Waals surface area (Å²) in [6.07, 6.45) is 53.7. The van der Waals surface area contributed by atoms with E-state index in [-0.39, 0.29) is 0 Å². The quantitative estimate of drug-likeness (QED) is 0.191. The first-order chi connectivity index (χ1) is 14.9. The Hall–Kier alpha value is -3.38. The van der Waals surface area contributed by atoms with Gasteiger partial charge in [-0.05, 0) is 6.42 Å². The second-order valence-corrected chi connectivity index (χ2v) is 6.04. The molecule has 0 saturated heterocycles. The summed E-state index contributed by atoms with van der Waals surface area (Å²) >= 11 is 0. The second-order valence-electron chi connectivity index (χ2n) is 6.04. The molecule has 0 heteroatoms. The van der Waals surface area contributed by atoms with Crippen LogP contribution in [0.4, 0.5) is 0 Å². The lowest BCUT2D eigenvalue weighted by atomic mass is 10.2. The third-order valence-corrected chi connectivity index (χ3v) is 3.44. The summed E-state index contributed by atoms with van der Waals surface area (Å²) < 4.78 is 0. The van der Waals surface area contributed by atoms with E-state index >= 15 is 0 Å². The first-order valence-corrected chi connectivity index (χ1v) is 10.5. The van der Waals surface area contributed by atoms with E-state index < -0.39 is 0 Å². The zero-order valence-corrected chi connectivity index (χ0v) is 18.3. The molecule has 0 aromatic carbocycles. The molecular formula is C30H36. The lowest BCUT2D eigenvalue weighted by Crippen LogP contribution is -1.64. The summed E-state index contributed by atoms with van der Waals surface area (Å²) in [5.74, 6) is 0. The van der Waals surface area contributed by atoms with Crippen LogP contribution in [0.15, 0.2) is 158 Å². The van der Waals surface area contributed by atoms with Gasteiger partial charge in [0.25, 0.3) is 0 Å². The molecule has 0 aromatic rings. The summed E-state index contributed by atoms with van der Waals surface area (Å²) in [5, 5.41) is 0. The van der Waals surface area contributed by atoms with Crippen LogP contribution in [0.1, 0.15) is 26.2 Å². The van der Waals surface area contributed by atoms with E-state index in [4.69, 9.17) is 0 Å². The molecule has 0 aromatic heterocycles. The van der Waals surface area contributed by atoms with Gasteiger partial charge in [0.1, 0.15) is 0 Å². The second kappa shape index (κ2) is 25.6. The minimum Gasteiger partial charge on any atom is -0.0991 e. The molecule has 0 radical (unpaired) electrons. The highest BCUT2D eigenvalue weighted by Crippen LogP contribution is 1.95. The monoisotopic (exact) mass is 396 g/mol. The van der Waals surface area contributed by atoms with Crippen LogP contribution in [-0.4, -0.2) is 0 Å². The predicted octanol–water partition coefficient (Wildman–Crippen LogP) is 9.04. The minimum absolute atomic E-state index is 1.16. The van der Waals surface area contributed by atoms with Crippen LogP contribution in [0.5, 0.6) is 0 Å². The fraction of sp³-hybridized carbons (Fsp3) is 0.133. The maximum absolute atomic E-state index is 3.61. The van der Waals surface area contributed by atoms with Crippen LogP contribution >= 0.6 is 0 Å². The van der Waals surface area contributed by atoms with Crippen LogP contribution in [0.25, 0.3) is 0 Å². The standard InChI is InChI=1S/C30H36/c1-3-5-7-9-11-13-15-17-19-21-23-25-27-29-30-28-26-24-22-20-18-16-14-12-10-8-6-4-2/h3,5,7,9-30H,1,4,6,8H2,2H3. The first-order valence-electron chi connectivity index (χ1n) is 10.5. The van der Waals surface area contributed by atoms with Crippen LogP contribution in [-0.2, 0) is 0 Å². The van der Waals surface area contributed by atoms with Crippen molar-refractivity contribution in [2.75, 3.05) is 0 Å². The number of hydrogen-bond acceptors (Lipinski definition) is 0. The Morgan fingerprint density at radius 1 is 0.400 bits per heavy atom. The molecule has 0 rings (SSSR count). The van der Waals surface area contributed by atoms with Crippen molar-refractivity contribution in [2.24, 2.45) is 0 Å². The van der Waals surface area contributed by atoms with Gasteiger partial charge in [0.2, 0.25) is 0 Å². The molecule has 0 heterocycles. The van der Waals surface area contributed by atoms with Gasteiger partial charge in [-0.1, -0.05) is 178 Å². The van der Waals surface area contributed by atoms with Gasteiger partial charge >= 0.3 is 0 Å². The van der Waals surface area contributed by atoms with E-state index in [9.17, 15) is 0 Å². The van der Waals surface area contributed by atoms with Crippen LogP contribution in [0, 0.1) is 0 Å². The summed E-state index contributed by atoms with van der Waals surface area (Å²) in [5.41, 5.74) is 0. The Balaban J connectivity index is 3.92. The summed E-state index contributed by atoms with van der Waals surface area (Å²) in [6.45, 7) is 5.82. The molecule has 0 fully saturated rings. The van der Waals surface area contributed by atoms with Gasteiger partial charge in [0.15, 0.2) is 0 Å². The molecule has 0 unspecified atom stereocenters. The zero-order chi connectivity index (χ0) is 21.8. The molecule has 0 spiro atoms. The molecule has 0 bridgehead atoms. The predicted molar refractivity (Wildman–Crippen MR) is 139 cm³/mol. The van der Waals surface area contributed by atoms with E-state index in [1.54, 1.807) is 6.08 Å². The highest BCUT2D eigenvalue weighted by atomic mass is 13.8. The average Bonchev–Trinajstić information content (AvgIpc) is 2.76. The van der Waals surface area contributed by atoms with E-state index in [1.807, 2.05) is 128 Å². The molecule has 0 atom stereocenters. The fourth-order valence-electron chi connectivity index (χ4n) is 1.92. The van der Waals surface area contributed by atoms with Crippen LogP contribution < -0.4 is 0 Å². The van der Waals surface area contributed by atoms with Crippen molar-refractivity contribution in [1.29, 1.82) is 0 Å². The molecule has 0 aliphatic carbocycles. The summed E-state index contributed by atoms with van der Waals surface area (Å²) in [4.78, 5) is 0. The van der Waals surface area contributed by atoms with E-state index in [0.717, 1.165) is 6.42 Å². The average molecular weight is 397 g/mol. The molecule has 156 valence electrons. The van der Waals surface area contributed by atoms with Crippen molar-refractivity contribution in [3.63, 3.8) is 0 Å². The lowest BCUT2D eigenvalue weighted by molar-refractivity contribution is 0.815. The molecule has 0 saturated carbocycles. The molecule has 0 aliphatic heterocycles. The Kier molecular flexibility index (Phi) is 22.7. The lowest BCUT2D eigenvalue weighted by Gasteiger charge is -1.84. The van der Waals surface area contributed by atoms with Crippen molar-refractivity contribution in [3.05, 3.63) is 158 Å². The number of unbranched alkanes of at least 4 members (excludes halogenated alkanes) is 2. The van der Waals surface area contributed by atoms with Crippen LogP contribution in [0.3, 0.4) is 0 Å². The zero-order valence-electron chi connectivity index (χ0n) is 18.3. The Labute approximate surface area is 184 Å². The van der Waals surface area contributed by atoms with Gasteiger partial charge in [0, 0.05) is 0 Å². The number of rotatable bonds is 15. The highest BCUT2D eigenvalue weighted by molar-refractivity contribution is 5.23. The van der Waals surface area contributed by atoms with Gasteiger partial charge in [0.05, 0.1) is 0 Å². The van der Waals surface area contributed by atoms with Crippen molar-refractivity contribution < 1.29 is 0 Å². The maximum atomic E-state index is 3.61. The Bertz CT molecular complexity index is 748. The maximum Gasteiger partial charge on any atom is -0.0348 e. The third kappa shape index (κ3) is 24.6. The fourth-order valence-corrected chi connectivity index (χ4v) is 1.92. The summed E-state index contributed by atoms with van der Waals surface area (Å²) in [6, 6.07) is 0. The van der Waals surface area contributed by atoms with Gasteiger partial charge in [-0.3, -0.25) is 0 Å². The number of allylic oxidation sites excluding steroid dienone is 25. The van der Waals surface area contributed by atoms with Gasteiger partial charge in [-0.2, -0.15) is 0 Å². The van der Waals surface area contributed by atoms with Crippen molar-refractivity contribution in [1.82, 2.24) is 0 Å². The molecule has 0 N–H and O–H groups in total. The topological polar surface area (TPSA) is 0 Å². The highest BCUT2D eigenvalue weighted by Gasteiger charge is 1.74. The van der Waals surface area contributed by atoms with Crippen LogP contribution in [0.2, 0.25) is 0 Å². The summed E-state index contributed by atoms with van der Waals surface area (Å²) in [7, 11) is 0. The van der Waals surface area contributed by atoms with E-state index in [0.29, 0.717) is 0 Å². The van der Waals surface area contributed by atoms with E-state index in [1.165, 1.54) is 12.8 Å².